The molecule has 2 atom stereocenters. The van der Waals surface area contributed by atoms with E-state index in [4.69, 9.17) is 0 Å². The molecule has 1 aliphatic carbocycles. The summed E-state index contributed by atoms with van der Waals surface area (Å²) >= 11 is 0. The quantitative estimate of drug-likeness (QED) is 0.603. The summed E-state index contributed by atoms with van der Waals surface area (Å²) < 4.78 is 0. The molecule has 2 amide bonds. The van der Waals surface area contributed by atoms with Crippen LogP contribution in [0.2, 0.25) is 0 Å². The van der Waals surface area contributed by atoms with Crippen LogP contribution in [0.4, 0.5) is 4.79 Å². The van der Waals surface area contributed by atoms with Crippen molar-refractivity contribution in [2.24, 2.45) is 5.92 Å². The van der Waals surface area contributed by atoms with E-state index in [1.165, 1.54) is 19.3 Å². The van der Waals surface area contributed by atoms with E-state index < -0.39 is 0 Å². The van der Waals surface area contributed by atoms with E-state index in [1.54, 1.807) is 4.90 Å². The lowest BCUT2D eigenvalue weighted by Gasteiger charge is -2.30. The smallest absolute Gasteiger partial charge is 0.319 e. The zero-order chi connectivity index (χ0) is 9.42. The number of carbonyl (C=O) groups excluding carboxylic acids is 1. The Labute approximate surface area is 79.7 Å². The second-order valence-electron chi connectivity index (χ2n) is 4.20. The van der Waals surface area contributed by atoms with E-state index in [-0.39, 0.29) is 6.03 Å². The molecule has 1 aliphatic heterocycles. The zero-order valence-electron chi connectivity index (χ0n) is 8.49. The predicted octanol–water partition coefficient (Wildman–Crippen LogP) is 1.54. The van der Waals surface area contributed by atoms with Crippen LogP contribution in [0.15, 0.2) is 0 Å². The summed E-state index contributed by atoms with van der Waals surface area (Å²) in [7, 11) is 1.88. The molecular formula is C10H18N2O. The molecule has 2 aliphatic rings. The van der Waals surface area contributed by atoms with Gasteiger partial charge < -0.3 is 9.80 Å². The zero-order valence-corrected chi connectivity index (χ0v) is 8.49. The van der Waals surface area contributed by atoms with Crippen LogP contribution in [-0.2, 0) is 0 Å². The third kappa shape index (κ3) is 1.52. The highest BCUT2D eigenvalue weighted by atomic mass is 16.2. The molecule has 13 heavy (non-hydrogen) atoms. The Morgan fingerprint density at radius 2 is 2.38 bits per heavy atom. The van der Waals surface area contributed by atoms with Gasteiger partial charge >= 0.3 is 6.03 Å². The second-order valence-corrected chi connectivity index (χ2v) is 4.20. The Bertz CT molecular complexity index is 217. The minimum absolute atomic E-state index is 0.231. The number of urea groups is 1. The number of hydrogen-bond acceptors (Lipinski definition) is 1. The first-order valence-corrected chi connectivity index (χ1v) is 5.25. The Morgan fingerprint density at radius 3 is 3.08 bits per heavy atom. The second kappa shape index (κ2) is 3.20. The summed E-state index contributed by atoms with van der Waals surface area (Å²) in [5.74, 6) is 0.836. The van der Waals surface area contributed by atoms with Crippen LogP contribution in [0, 0.1) is 5.92 Å². The topological polar surface area (TPSA) is 23.6 Å². The summed E-state index contributed by atoms with van der Waals surface area (Å²) in [4.78, 5) is 15.7. The standard InChI is InChI=1S/C10H18N2O/c1-3-11(2)10(13)12-6-4-5-8-7-9(8)12/h8-9H,3-7H2,1-2H3/t8-,9+/m1/s1. The average Bonchev–Trinajstić information content (AvgIpc) is 2.93. The first kappa shape index (κ1) is 8.85. The highest BCUT2D eigenvalue weighted by Gasteiger charge is 2.46. The van der Waals surface area contributed by atoms with E-state index in [0.717, 1.165) is 19.0 Å². The SMILES string of the molecule is CCN(C)C(=O)N1CCC[C@@H]2C[C@@H]21. The minimum atomic E-state index is 0.231. The lowest BCUT2D eigenvalue weighted by Crippen LogP contribution is -2.44. The molecular weight excluding hydrogens is 164 g/mol. The number of amides is 2. The summed E-state index contributed by atoms with van der Waals surface area (Å²) in [5.41, 5.74) is 0. The molecule has 1 heterocycles. The van der Waals surface area contributed by atoms with Crippen LogP contribution < -0.4 is 0 Å². The van der Waals surface area contributed by atoms with Crippen LogP contribution >= 0.6 is 0 Å². The van der Waals surface area contributed by atoms with Crippen molar-refractivity contribution in [2.75, 3.05) is 20.1 Å². The molecule has 0 aromatic rings. The van der Waals surface area contributed by atoms with Crippen LogP contribution in [0.3, 0.4) is 0 Å². The number of piperidine rings is 1. The largest absolute Gasteiger partial charge is 0.328 e. The van der Waals surface area contributed by atoms with Gasteiger partial charge in [-0.1, -0.05) is 0 Å². The molecule has 74 valence electrons. The van der Waals surface area contributed by atoms with Gasteiger partial charge in [-0.05, 0) is 32.1 Å². The molecule has 3 heteroatoms. The van der Waals surface area contributed by atoms with Gasteiger partial charge in [0.25, 0.3) is 0 Å². The fraction of sp³-hybridized carbons (Fsp3) is 0.900. The molecule has 0 spiro atoms. The van der Waals surface area contributed by atoms with Crippen molar-refractivity contribution in [3.8, 4) is 0 Å². The molecule has 1 saturated heterocycles. The van der Waals surface area contributed by atoms with Gasteiger partial charge in [-0.3, -0.25) is 0 Å². The number of hydrogen-bond donors (Lipinski definition) is 0. The maximum atomic E-state index is 11.8. The number of fused-ring (bicyclic) bond motifs is 1. The van der Waals surface area contributed by atoms with Gasteiger partial charge in [-0.2, -0.15) is 0 Å². The molecule has 0 N–H and O–H groups in total. The number of likely N-dealkylation sites (tertiary alicyclic amines) is 1. The summed E-state index contributed by atoms with van der Waals surface area (Å²) in [6, 6.07) is 0.824. The van der Waals surface area contributed by atoms with Gasteiger partial charge in [0.15, 0.2) is 0 Å². The van der Waals surface area contributed by atoms with Crippen LogP contribution in [0.25, 0.3) is 0 Å². The van der Waals surface area contributed by atoms with E-state index in [2.05, 4.69) is 4.90 Å². The van der Waals surface area contributed by atoms with Crippen LogP contribution in [0.1, 0.15) is 26.2 Å². The van der Waals surface area contributed by atoms with E-state index in [9.17, 15) is 4.79 Å². The van der Waals surface area contributed by atoms with Gasteiger partial charge in [0.05, 0.1) is 0 Å². The van der Waals surface area contributed by atoms with Gasteiger partial charge in [0.1, 0.15) is 0 Å². The van der Waals surface area contributed by atoms with Crippen molar-refractivity contribution in [2.45, 2.75) is 32.2 Å². The van der Waals surface area contributed by atoms with Gasteiger partial charge in [0.2, 0.25) is 0 Å². The number of carbonyl (C=O) groups is 1. The lowest BCUT2D eigenvalue weighted by molar-refractivity contribution is 0.150. The number of rotatable bonds is 1. The van der Waals surface area contributed by atoms with Crippen molar-refractivity contribution in [3.63, 3.8) is 0 Å². The summed E-state index contributed by atoms with van der Waals surface area (Å²) in [6.45, 7) is 3.81. The maximum Gasteiger partial charge on any atom is 0.319 e. The lowest BCUT2D eigenvalue weighted by atomic mass is 10.1. The predicted molar refractivity (Wildman–Crippen MR) is 51.5 cm³/mol. The van der Waals surface area contributed by atoms with E-state index >= 15 is 0 Å². The average molecular weight is 182 g/mol. The van der Waals surface area contributed by atoms with Gasteiger partial charge in [0, 0.05) is 26.2 Å². The Kier molecular flexibility index (Phi) is 2.18. The van der Waals surface area contributed by atoms with Crippen molar-refractivity contribution in [1.29, 1.82) is 0 Å². The van der Waals surface area contributed by atoms with Gasteiger partial charge in [-0.25, -0.2) is 4.79 Å². The summed E-state index contributed by atoms with van der Waals surface area (Å²) in [5, 5.41) is 0. The first-order valence-electron chi connectivity index (χ1n) is 5.25. The minimum Gasteiger partial charge on any atom is -0.328 e. The Morgan fingerprint density at radius 1 is 1.62 bits per heavy atom. The van der Waals surface area contributed by atoms with Gasteiger partial charge in [-0.15, -0.1) is 0 Å². The highest BCUT2D eigenvalue weighted by Crippen LogP contribution is 2.43. The van der Waals surface area contributed by atoms with Crippen molar-refractivity contribution < 1.29 is 4.79 Å². The molecule has 0 unspecified atom stereocenters. The number of nitrogens with zero attached hydrogens (tertiary/aromatic N) is 2. The maximum absolute atomic E-state index is 11.8. The van der Waals surface area contributed by atoms with Crippen molar-refractivity contribution in [1.82, 2.24) is 9.80 Å². The van der Waals surface area contributed by atoms with E-state index in [1.807, 2.05) is 14.0 Å². The van der Waals surface area contributed by atoms with Crippen LogP contribution in [-0.4, -0.2) is 42.0 Å². The molecule has 1 saturated carbocycles. The molecule has 2 fully saturated rings. The normalized spacial score (nSPS) is 31.1. The third-order valence-electron chi connectivity index (χ3n) is 3.31. The fourth-order valence-electron chi connectivity index (χ4n) is 2.21. The summed E-state index contributed by atoms with van der Waals surface area (Å²) in [6.07, 6.45) is 3.79. The highest BCUT2D eigenvalue weighted by molar-refractivity contribution is 5.75. The molecule has 0 radical (unpaired) electrons. The molecule has 3 nitrogen and oxygen atoms in total. The Hall–Kier alpha value is -0.730. The molecule has 0 aromatic carbocycles. The van der Waals surface area contributed by atoms with Crippen LogP contribution in [0.5, 0.6) is 0 Å². The van der Waals surface area contributed by atoms with Crippen molar-refractivity contribution in [3.05, 3.63) is 0 Å². The fourth-order valence-corrected chi connectivity index (χ4v) is 2.21. The van der Waals surface area contributed by atoms with Crippen molar-refractivity contribution >= 4 is 6.03 Å². The Balaban J connectivity index is 1.95. The molecule has 2 rings (SSSR count). The first-order chi connectivity index (χ1) is 6.24. The third-order valence-corrected chi connectivity index (χ3v) is 3.31. The van der Waals surface area contributed by atoms with E-state index in [0.29, 0.717) is 6.04 Å². The monoisotopic (exact) mass is 182 g/mol. The molecule has 0 aromatic heterocycles. The molecule has 0 bridgehead atoms.